The molecule has 12 rings (SSSR count). The van der Waals surface area contributed by atoms with Crippen LogP contribution in [-0.2, 0) is 158 Å². The maximum Gasteiger partial charge on any atom is 0.419 e. The van der Waals surface area contributed by atoms with Crippen LogP contribution in [0.15, 0.2) is 243 Å². The van der Waals surface area contributed by atoms with E-state index < -0.39 is 84.6 Å². The third kappa shape index (κ3) is 38.5. The molecule has 2 saturated heterocycles. The molecule has 34 nitrogen and oxygen atoms in total. The van der Waals surface area contributed by atoms with Crippen LogP contribution in [0.1, 0.15) is 123 Å². The third-order valence-corrected chi connectivity index (χ3v) is 21.1. The fraction of sp³-hybridized carbons (Fsp3) is 0.305. The summed E-state index contributed by atoms with van der Waals surface area (Å²) in [5, 5.41) is 26.0. The Morgan fingerprint density at radius 2 is 0.554 bits per heavy atom. The van der Waals surface area contributed by atoms with E-state index >= 15 is 0 Å². The predicted octanol–water partition coefficient (Wildman–Crippen LogP) is 16.1. The molecule has 2 aliphatic rings. The molecule has 139 heavy (non-hydrogen) atoms. The van der Waals surface area contributed by atoms with Crippen LogP contribution in [-0.4, -0.2) is 187 Å². The van der Waals surface area contributed by atoms with Crippen LogP contribution in [0.2, 0.25) is 0 Å². The zero-order chi connectivity index (χ0) is 97.9. The minimum Gasteiger partial charge on any atom is -0.478 e. The summed E-state index contributed by atoms with van der Waals surface area (Å²) in [4.78, 5) is 164. The van der Waals surface area contributed by atoms with Gasteiger partial charge >= 0.3 is 78.3 Å². The van der Waals surface area contributed by atoms with Gasteiger partial charge in [0, 0.05) is 47.0 Å². The first-order chi connectivity index (χ1) is 67.3. The lowest BCUT2D eigenvalue weighted by Gasteiger charge is -2.24. The van der Waals surface area contributed by atoms with Gasteiger partial charge in [-0.25, -0.2) is 33.6 Å². The first-order valence-electron chi connectivity index (χ1n) is 45.3. The van der Waals surface area contributed by atoms with E-state index in [1.54, 1.807) is 109 Å². The van der Waals surface area contributed by atoms with Gasteiger partial charge in [-0.1, -0.05) is 170 Å². The number of carbonyl (C=O) groups is 13. The summed E-state index contributed by atoms with van der Waals surface area (Å²) in [5.74, 6) is -4.90. The Morgan fingerprint density at radius 3 is 0.914 bits per heavy atom. The summed E-state index contributed by atoms with van der Waals surface area (Å²) < 4.78 is 73.7. The first kappa shape index (κ1) is 102. The molecule has 3 unspecified atom stereocenters. The average Bonchev–Trinajstić information content (AvgIpc) is 1.46. The Balaban J connectivity index is 0.447. The Morgan fingerprint density at radius 1 is 0.288 bits per heavy atom. The SMILES string of the molecule is CC(COC(=O)Nc1cccc(Cc2cccc(NC(=O)OCCCCOC(=O)Cc3cccc(Cc4cccc(CC(=O)OCCOCCOC(=O)CCCCC(=O)OC(=O)Nc5cccc(Cc6cccc(NC(=O)OCCOC(=O)Nc7cccc(Cc8cccc(NC(=O)OCC9CO9)c8)c7)c6)c5)c4)c3)c2)c1)(OC(=O)Cc1cccc(Cc2cccc(CC(=O)OCC3CO3)c2)c1)C(=O)O. The molecule has 0 aliphatic carbocycles. The van der Waals surface area contributed by atoms with Crippen molar-refractivity contribution in [3.8, 4) is 0 Å². The molecule has 0 radical (unpaired) electrons. The second-order valence-electron chi connectivity index (χ2n) is 33.0. The van der Waals surface area contributed by atoms with Crippen molar-refractivity contribution in [1.29, 1.82) is 0 Å². The molecule has 0 bridgehead atoms. The molecule has 34 heteroatoms. The van der Waals surface area contributed by atoms with Gasteiger partial charge in [0.15, 0.2) is 0 Å². The van der Waals surface area contributed by atoms with Crippen LogP contribution in [0.4, 0.5) is 62.9 Å². The van der Waals surface area contributed by atoms with Gasteiger partial charge in [-0.3, -0.25) is 60.7 Å². The fourth-order valence-corrected chi connectivity index (χ4v) is 14.3. The van der Waals surface area contributed by atoms with Crippen molar-refractivity contribution < 1.29 is 134 Å². The van der Waals surface area contributed by atoms with Gasteiger partial charge in [-0.05, 0) is 215 Å². The van der Waals surface area contributed by atoms with E-state index in [-0.39, 0.29) is 129 Å². The minimum atomic E-state index is -2.22. The monoisotopic (exact) mass is 1900 g/mol. The molecular weight excluding hydrogens is 1790 g/mol. The summed E-state index contributed by atoms with van der Waals surface area (Å²) in [6, 6.07) is 72.2. The molecular formula is C105H108N6O28. The number of ether oxygens (including phenoxy) is 14. The van der Waals surface area contributed by atoms with Crippen LogP contribution < -0.4 is 31.9 Å². The Bertz CT molecular complexity index is 5940. The van der Waals surface area contributed by atoms with Crippen molar-refractivity contribution in [2.24, 2.45) is 0 Å². The molecule has 726 valence electrons. The molecule has 0 saturated carbocycles. The zero-order valence-corrected chi connectivity index (χ0v) is 76.5. The number of hydrogen-bond donors (Lipinski definition) is 7. The highest BCUT2D eigenvalue weighted by atomic mass is 16.6. The predicted molar refractivity (Wildman–Crippen MR) is 507 cm³/mol. The maximum atomic E-state index is 13.2. The van der Waals surface area contributed by atoms with Gasteiger partial charge in [0.25, 0.3) is 0 Å². The third-order valence-electron chi connectivity index (χ3n) is 21.1. The Kier molecular flexibility index (Phi) is 39.3. The van der Waals surface area contributed by atoms with Crippen LogP contribution in [0, 0.1) is 0 Å². The van der Waals surface area contributed by atoms with Crippen molar-refractivity contribution in [3.05, 3.63) is 321 Å². The summed E-state index contributed by atoms with van der Waals surface area (Å²) in [5.41, 5.74) is 12.0. The van der Waals surface area contributed by atoms with Crippen molar-refractivity contribution in [2.75, 3.05) is 118 Å². The van der Waals surface area contributed by atoms with Crippen molar-refractivity contribution >= 4 is 112 Å². The smallest absolute Gasteiger partial charge is 0.419 e. The van der Waals surface area contributed by atoms with Crippen molar-refractivity contribution in [2.45, 2.75) is 121 Å². The number of aliphatic carboxylic acids is 1. The van der Waals surface area contributed by atoms with Crippen molar-refractivity contribution in [1.82, 2.24) is 0 Å². The summed E-state index contributed by atoms with van der Waals surface area (Å²) in [7, 11) is 0. The number of hydrogen-bond acceptors (Lipinski definition) is 27. The first-order valence-corrected chi connectivity index (χ1v) is 45.3. The number of amides is 6. The number of anilines is 6. The molecule has 6 amide bonds. The van der Waals surface area contributed by atoms with E-state index in [0.29, 0.717) is 104 Å². The number of carboxylic acids is 1. The van der Waals surface area contributed by atoms with Gasteiger partial charge in [0.2, 0.25) is 5.60 Å². The molecule has 10 aromatic carbocycles. The number of carbonyl (C=O) groups excluding carboxylic acids is 12. The number of nitrogens with one attached hydrogen (secondary N) is 6. The van der Waals surface area contributed by atoms with E-state index in [2.05, 4.69) is 31.9 Å². The van der Waals surface area contributed by atoms with Gasteiger partial charge in [0.1, 0.15) is 58.5 Å². The van der Waals surface area contributed by atoms with Gasteiger partial charge in [-0.2, -0.15) is 0 Å². The minimum absolute atomic E-state index is 0.00987. The normalized spacial score (nSPS) is 13.0. The molecule has 2 fully saturated rings. The number of benzene rings is 10. The molecule has 2 heterocycles. The topological polar surface area (TPSA) is 450 Å². The van der Waals surface area contributed by atoms with Crippen LogP contribution >= 0.6 is 0 Å². The second kappa shape index (κ2) is 53.5. The largest absolute Gasteiger partial charge is 0.478 e. The van der Waals surface area contributed by atoms with E-state index in [4.69, 9.17) is 66.3 Å². The van der Waals surface area contributed by atoms with Gasteiger partial charge < -0.3 is 71.4 Å². The average molecular weight is 1900 g/mol. The lowest BCUT2D eigenvalue weighted by molar-refractivity contribution is -0.180. The van der Waals surface area contributed by atoms with E-state index in [1.807, 2.05) is 133 Å². The van der Waals surface area contributed by atoms with Crippen molar-refractivity contribution in [3.63, 3.8) is 0 Å². The highest BCUT2D eigenvalue weighted by Gasteiger charge is 2.40. The summed E-state index contributed by atoms with van der Waals surface area (Å²) in [6.45, 7) is 1.72. The van der Waals surface area contributed by atoms with Crippen LogP contribution in [0.3, 0.4) is 0 Å². The number of rotatable bonds is 51. The fourth-order valence-electron chi connectivity index (χ4n) is 14.3. The van der Waals surface area contributed by atoms with Crippen LogP contribution in [0.25, 0.3) is 0 Å². The molecule has 7 N–H and O–H groups in total. The number of carboxylic acid groups (broad SMARTS) is 1. The molecule has 2 aliphatic heterocycles. The summed E-state index contributed by atoms with van der Waals surface area (Å²) in [6.07, 6.45) is -1.28. The van der Waals surface area contributed by atoms with E-state index in [1.165, 1.54) is 0 Å². The molecule has 3 atom stereocenters. The summed E-state index contributed by atoms with van der Waals surface area (Å²) >= 11 is 0. The van der Waals surface area contributed by atoms with E-state index in [0.717, 1.165) is 79.2 Å². The van der Waals surface area contributed by atoms with Crippen LogP contribution in [0.5, 0.6) is 0 Å². The number of epoxide rings is 2. The molecule has 0 aromatic heterocycles. The Hall–Kier alpha value is -15.8. The highest BCUT2D eigenvalue weighted by Crippen LogP contribution is 2.27. The number of unbranched alkanes of at least 4 members (excludes halogenated alkanes) is 2. The quantitative estimate of drug-likeness (QED) is 0.00612. The lowest BCUT2D eigenvalue weighted by Crippen LogP contribution is -2.45. The van der Waals surface area contributed by atoms with Gasteiger partial charge in [0.05, 0.1) is 65.3 Å². The maximum absolute atomic E-state index is 13.2. The number of esters is 6. The molecule has 0 spiro atoms. The Labute approximate surface area is 801 Å². The van der Waals surface area contributed by atoms with E-state index in [9.17, 15) is 67.4 Å². The van der Waals surface area contributed by atoms with Gasteiger partial charge in [-0.15, -0.1) is 0 Å². The lowest BCUT2D eigenvalue weighted by atomic mass is 9.99. The standard InChI is InChI=1S/C105H108N6O28/c1-105(98(118)119,139-97(117)64-83-23-9-19-73(51-83)47-72-18-8-22-82(50-72)63-96(116)135-67-90-65-133-90)69-137-103(124)110-88-34-14-28-78(59-88)53-74-24-10-30-84(55-74)106-99(120)130-39-5-4-38-127-94(114)61-80-20-6-16-70(48-80)46-71-17-7-21-81(49-71)62-95(115)129-43-41-126-40-42-128-92(112)36-2-3-37-93(113)138-104(125)111-89-35-15-29-79(60-89)54-76-26-12-32-86(57-76)108-101(122)132-45-44-131-100(121)107-85-31-11-25-75(56-85)52-77-27-13-33-87(58-77)109-102(123)136-68-91-66-134-91/h6-35,48-51,55-60,90-91H,2-5,36-47,52-54,61-69H2,1H3,(H,106,120)(H,107,121)(H,108,122)(H,109,123)(H,110,124)(H,111,125)(H,118,119). The zero-order valence-electron chi connectivity index (χ0n) is 76.5. The second-order valence-corrected chi connectivity index (χ2v) is 33.0. The highest BCUT2D eigenvalue weighted by molar-refractivity contribution is 5.93. The molecule has 10 aromatic rings.